The van der Waals surface area contributed by atoms with Crippen molar-refractivity contribution in [3.8, 4) is 6.07 Å². The Morgan fingerprint density at radius 2 is 2.31 bits per heavy atom. The van der Waals surface area contributed by atoms with Gasteiger partial charge in [0.1, 0.15) is 5.01 Å². The molecule has 0 aromatic carbocycles. The molecular formula is C8H12N4S. The fraction of sp³-hybridized carbons (Fsp3) is 0.625. The fourth-order valence-corrected chi connectivity index (χ4v) is 1.63. The molecule has 0 saturated carbocycles. The van der Waals surface area contributed by atoms with Crippen LogP contribution in [0.15, 0.2) is 0 Å². The Hall–Kier alpha value is -1.15. The van der Waals surface area contributed by atoms with E-state index < -0.39 is 0 Å². The lowest BCUT2D eigenvalue weighted by Gasteiger charge is -2.15. The number of nitriles is 1. The Morgan fingerprint density at radius 3 is 2.77 bits per heavy atom. The molecule has 70 valence electrons. The van der Waals surface area contributed by atoms with E-state index in [1.165, 1.54) is 0 Å². The van der Waals surface area contributed by atoms with Crippen LogP contribution in [-0.4, -0.2) is 23.8 Å². The van der Waals surface area contributed by atoms with Gasteiger partial charge in [0.05, 0.1) is 12.0 Å². The van der Waals surface area contributed by atoms with Crippen LogP contribution in [-0.2, 0) is 0 Å². The maximum Gasteiger partial charge on any atom is 0.208 e. The number of hydrogen-bond donors (Lipinski definition) is 0. The van der Waals surface area contributed by atoms with Crippen LogP contribution in [0.5, 0.6) is 0 Å². The molecule has 0 saturated heterocycles. The van der Waals surface area contributed by atoms with Crippen molar-refractivity contribution in [2.45, 2.75) is 13.8 Å². The summed E-state index contributed by atoms with van der Waals surface area (Å²) in [5, 5.41) is 18.4. The third-order valence-corrected chi connectivity index (χ3v) is 2.56. The molecule has 0 fully saturated rings. The van der Waals surface area contributed by atoms with Crippen LogP contribution in [0.2, 0.25) is 0 Å². The predicted octanol–water partition coefficient (Wildman–Crippen LogP) is 1.44. The molecule has 0 N–H and O–H groups in total. The highest BCUT2D eigenvalue weighted by Gasteiger charge is 2.09. The van der Waals surface area contributed by atoms with Crippen LogP contribution in [0.25, 0.3) is 0 Å². The van der Waals surface area contributed by atoms with E-state index >= 15 is 0 Å². The Labute approximate surface area is 81.8 Å². The lowest BCUT2D eigenvalue weighted by Crippen LogP contribution is -2.22. The minimum absolute atomic E-state index is 0.0224. The topological polar surface area (TPSA) is 52.8 Å². The lowest BCUT2D eigenvalue weighted by atomic mass is 10.2. The van der Waals surface area contributed by atoms with Gasteiger partial charge in [0, 0.05) is 13.6 Å². The summed E-state index contributed by atoms with van der Waals surface area (Å²) in [5.41, 5.74) is 0. The molecule has 0 aliphatic carbocycles. The Bertz CT molecular complexity index is 314. The summed E-state index contributed by atoms with van der Waals surface area (Å²) in [6, 6.07) is 2.19. The molecule has 1 aromatic rings. The minimum atomic E-state index is 0.0224. The smallest absolute Gasteiger partial charge is 0.208 e. The molecule has 1 atom stereocenters. The maximum absolute atomic E-state index is 8.63. The van der Waals surface area contributed by atoms with Crippen molar-refractivity contribution in [2.75, 3.05) is 18.5 Å². The molecule has 0 bridgehead atoms. The molecule has 0 aliphatic rings. The minimum Gasteiger partial charge on any atom is -0.348 e. The second-order valence-corrected chi connectivity index (χ2v) is 4.17. The van der Waals surface area contributed by atoms with E-state index in [-0.39, 0.29) is 5.92 Å². The fourth-order valence-electron chi connectivity index (χ4n) is 0.970. The SMILES string of the molecule is Cc1nnc(N(C)CC(C)C#N)s1. The highest BCUT2D eigenvalue weighted by Crippen LogP contribution is 2.18. The molecule has 0 spiro atoms. The molecule has 1 unspecified atom stereocenters. The predicted molar refractivity (Wildman–Crippen MR) is 52.7 cm³/mol. The Kier molecular flexibility index (Phi) is 3.20. The first kappa shape index (κ1) is 9.93. The average Bonchev–Trinajstić information content (AvgIpc) is 2.51. The zero-order chi connectivity index (χ0) is 9.84. The molecule has 1 rings (SSSR count). The summed E-state index contributed by atoms with van der Waals surface area (Å²) in [6.07, 6.45) is 0. The van der Waals surface area contributed by atoms with Crippen molar-refractivity contribution in [3.63, 3.8) is 0 Å². The summed E-state index contributed by atoms with van der Waals surface area (Å²) in [4.78, 5) is 1.96. The van der Waals surface area contributed by atoms with E-state index in [0.29, 0.717) is 6.54 Å². The van der Waals surface area contributed by atoms with Gasteiger partial charge in [-0.3, -0.25) is 0 Å². The first-order valence-electron chi connectivity index (χ1n) is 4.04. The quantitative estimate of drug-likeness (QED) is 0.734. The highest BCUT2D eigenvalue weighted by molar-refractivity contribution is 7.15. The number of aryl methyl sites for hydroxylation is 1. The first-order chi connectivity index (χ1) is 6.13. The van der Waals surface area contributed by atoms with Crippen LogP contribution in [0.3, 0.4) is 0 Å². The van der Waals surface area contributed by atoms with Gasteiger partial charge in [0.25, 0.3) is 0 Å². The lowest BCUT2D eigenvalue weighted by molar-refractivity contribution is 0.712. The summed E-state index contributed by atoms with van der Waals surface area (Å²) in [6.45, 7) is 4.51. The van der Waals surface area contributed by atoms with Gasteiger partial charge in [0.2, 0.25) is 5.13 Å². The molecule has 0 aliphatic heterocycles. The molecule has 5 heteroatoms. The van der Waals surface area contributed by atoms with E-state index in [1.54, 1.807) is 11.3 Å². The van der Waals surface area contributed by atoms with Gasteiger partial charge >= 0.3 is 0 Å². The maximum atomic E-state index is 8.63. The molecule has 4 nitrogen and oxygen atoms in total. The number of aromatic nitrogens is 2. The van der Waals surface area contributed by atoms with E-state index in [2.05, 4.69) is 16.3 Å². The zero-order valence-corrected chi connectivity index (χ0v) is 8.80. The van der Waals surface area contributed by atoms with Gasteiger partial charge in [-0.25, -0.2) is 0 Å². The largest absolute Gasteiger partial charge is 0.348 e. The summed E-state index contributed by atoms with van der Waals surface area (Å²) >= 11 is 1.54. The van der Waals surface area contributed by atoms with E-state index in [9.17, 15) is 0 Å². The molecule has 1 heterocycles. The molecule has 13 heavy (non-hydrogen) atoms. The van der Waals surface area contributed by atoms with Crippen molar-refractivity contribution in [1.29, 1.82) is 5.26 Å². The van der Waals surface area contributed by atoms with Crippen LogP contribution >= 0.6 is 11.3 Å². The van der Waals surface area contributed by atoms with Crippen molar-refractivity contribution in [2.24, 2.45) is 5.92 Å². The monoisotopic (exact) mass is 196 g/mol. The van der Waals surface area contributed by atoms with Gasteiger partial charge in [-0.2, -0.15) is 5.26 Å². The van der Waals surface area contributed by atoms with E-state index in [0.717, 1.165) is 10.1 Å². The summed E-state index contributed by atoms with van der Waals surface area (Å²) < 4.78 is 0. The Morgan fingerprint density at radius 1 is 1.62 bits per heavy atom. The first-order valence-corrected chi connectivity index (χ1v) is 4.86. The third-order valence-electron chi connectivity index (χ3n) is 1.61. The number of hydrogen-bond acceptors (Lipinski definition) is 5. The van der Waals surface area contributed by atoms with Gasteiger partial charge in [-0.05, 0) is 13.8 Å². The van der Waals surface area contributed by atoms with Gasteiger partial charge < -0.3 is 4.90 Å². The zero-order valence-electron chi connectivity index (χ0n) is 7.98. The highest BCUT2D eigenvalue weighted by atomic mass is 32.1. The van der Waals surface area contributed by atoms with Crippen LogP contribution in [0.1, 0.15) is 11.9 Å². The van der Waals surface area contributed by atoms with Gasteiger partial charge in [0.15, 0.2) is 0 Å². The van der Waals surface area contributed by atoms with Crippen molar-refractivity contribution < 1.29 is 0 Å². The molecule has 0 amide bonds. The van der Waals surface area contributed by atoms with Gasteiger partial charge in [-0.1, -0.05) is 11.3 Å². The second-order valence-electron chi connectivity index (χ2n) is 3.01. The van der Waals surface area contributed by atoms with E-state index in [4.69, 9.17) is 5.26 Å². The molecule has 1 aromatic heterocycles. The average molecular weight is 196 g/mol. The van der Waals surface area contributed by atoms with E-state index in [1.807, 2.05) is 25.8 Å². The number of anilines is 1. The standard InChI is InChI=1S/C8H12N4S/c1-6(4-9)5-12(3)8-11-10-7(2)13-8/h6H,5H2,1-3H3. The molecule has 0 radical (unpaired) electrons. The number of nitrogens with zero attached hydrogens (tertiary/aromatic N) is 4. The Balaban J connectivity index is 2.59. The van der Waals surface area contributed by atoms with Crippen molar-refractivity contribution in [1.82, 2.24) is 10.2 Å². The summed E-state index contributed by atoms with van der Waals surface area (Å²) in [7, 11) is 1.92. The van der Waals surface area contributed by atoms with Crippen LogP contribution in [0, 0.1) is 24.2 Å². The summed E-state index contributed by atoms with van der Waals surface area (Å²) in [5.74, 6) is 0.0224. The molecular weight excluding hydrogens is 184 g/mol. The van der Waals surface area contributed by atoms with Crippen LogP contribution in [0.4, 0.5) is 5.13 Å². The van der Waals surface area contributed by atoms with Crippen molar-refractivity contribution in [3.05, 3.63) is 5.01 Å². The third kappa shape index (κ3) is 2.67. The van der Waals surface area contributed by atoms with Crippen molar-refractivity contribution >= 4 is 16.5 Å². The normalized spacial score (nSPS) is 12.2. The van der Waals surface area contributed by atoms with Crippen LogP contribution < -0.4 is 4.90 Å². The van der Waals surface area contributed by atoms with Gasteiger partial charge in [-0.15, -0.1) is 10.2 Å². The second kappa shape index (κ2) is 4.19. The number of rotatable bonds is 3.